The molecular formula is C17H10ClN3O. The van der Waals surface area contributed by atoms with Gasteiger partial charge in [-0.3, -0.25) is 4.79 Å². The van der Waals surface area contributed by atoms with E-state index in [4.69, 9.17) is 11.6 Å². The molecule has 106 valence electrons. The second kappa shape index (κ2) is 5.92. The molecule has 5 heteroatoms. The number of carbonyl (C=O) groups excluding carboxylic acids is 1. The summed E-state index contributed by atoms with van der Waals surface area (Å²) in [5.41, 5.74) is 1.48. The number of fused-ring (bicyclic) bond motifs is 1. The van der Waals surface area contributed by atoms with Crippen LogP contribution in [0.5, 0.6) is 0 Å². The number of nitrogens with zero attached hydrogens (tertiary/aromatic N) is 3. The number of benzene rings is 1. The fourth-order valence-electron chi connectivity index (χ4n) is 2.18. The lowest BCUT2D eigenvalue weighted by atomic mass is 9.96. The van der Waals surface area contributed by atoms with Crippen molar-refractivity contribution in [2.24, 2.45) is 15.9 Å². The predicted molar refractivity (Wildman–Crippen MR) is 86.7 cm³/mol. The summed E-state index contributed by atoms with van der Waals surface area (Å²) in [6.45, 7) is 0. The van der Waals surface area contributed by atoms with Gasteiger partial charge in [0.05, 0.1) is 11.3 Å². The molecule has 22 heavy (non-hydrogen) atoms. The van der Waals surface area contributed by atoms with Gasteiger partial charge in [0.1, 0.15) is 12.0 Å². The van der Waals surface area contributed by atoms with Crippen molar-refractivity contribution in [2.75, 3.05) is 0 Å². The molecular weight excluding hydrogens is 298 g/mol. The highest BCUT2D eigenvalue weighted by Gasteiger charge is 2.27. The van der Waals surface area contributed by atoms with E-state index in [0.717, 1.165) is 0 Å². The van der Waals surface area contributed by atoms with Gasteiger partial charge in [0.15, 0.2) is 5.84 Å². The Bertz CT molecular complexity index is 838. The molecule has 1 aromatic carbocycles. The molecule has 0 aromatic heterocycles. The summed E-state index contributed by atoms with van der Waals surface area (Å²) in [6, 6.07) is 9.16. The number of rotatable bonds is 2. The molecule has 4 nitrogen and oxygen atoms in total. The molecule has 1 aliphatic heterocycles. The molecule has 0 fully saturated rings. The van der Waals surface area contributed by atoms with E-state index in [9.17, 15) is 10.1 Å². The molecule has 1 atom stereocenters. The van der Waals surface area contributed by atoms with Crippen molar-refractivity contribution in [1.29, 1.82) is 5.26 Å². The van der Waals surface area contributed by atoms with Gasteiger partial charge in [0.2, 0.25) is 0 Å². The van der Waals surface area contributed by atoms with Crippen molar-refractivity contribution >= 4 is 35.1 Å². The molecule has 3 rings (SSSR count). The Morgan fingerprint density at radius 3 is 2.86 bits per heavy atom. The highest BCUT2D eigenvalue weighted by Crippen LogP contribution is 2.22. The summed E-state index contributed by atoms with van der Waals surface area (Å²) in [5.74, 6) is -0.645. The number of aliphatic imine (C=N–C) groups is 2. The first kappa shape index (κ1) is 14.2. The van der Waals surface area contributed by atoms with Crippen LogP contribution in [0.1, 0.15) is 5.56 Å². The minimum absolute atomic E-state index is 0.124. The van der Waals surface area contributed by atoms with Crippen molar-refractivity contribution < 1.29 is 4.79 Å². The maximum atomic E-state index is 12.1. The van der Waals surface area contributed by atoms with Crippen LogP contribution in [0.4, 0.5) is 0 Å². The first-order valence-corrected chi connectivity index (χ1v) is 6.99. The van der Waals surface area contributed by atoms with Crippen molar-refractivity contribution in [3.63, 3.8) is 0 Å². The molecule has 1 heterocycles. The van der Waals surface area contributed by atoms with Gasteiger partial charge < -0.3 is 0 Å². The van der Waals surface area contributed by atoms with Crippen molar-refractivity contribution in [2.45, 2.75) is 0 Å². The third-order valence-corrected chi connectivity index (χ3v) is 3.63. The quantitative estimate of drug-likeness (QED) is 0.786. The molecule has 0 spiro atoms. The summed E-state index contributed by atoms with van der Waals surface area (Å²) in [6.07, 6.45) is 8.66. The molecule has 0 N–H and O–H groups in total. The highest BCUT2D eigenvalue weighted by molar-refractivity contribution is 6.32. The summed E-state index contributed by atoms with van der Waals surface area (Å²) in [5, 5.41) is 9.88. The molecule has 0 bridgehead atoms. The fraction of sp³-hybridized carbons (Fsp3) is 0.0588. The maximum absolute atomic E-state index is 12.1. The Morgan fingerprint density at radius 1 is 1.27 bits per heavy atom. The molecule has 0 saturated heterocycles. The molecule has 2 aliphatic rings. The van der Waals surface area contributed by atoms with Gasteiger partial charge in [-0.05, 0) is 23.8 Å². The number of hydrogen-bond acceptors (Lipinski definition) is 3. The standard InChI is InChI=1S/C17H10ClN3O/c18-14-7-3-1-5-11(14)9-12(10-19)16-20-15-8-4-2-6-13(15)17(22)21-16/h1-9,13H/b12-9-. The van der Waals surface area contributed by atoms with Gasteiger partial charge in [-0.25, -0.2) is 4.99 Å². The van der Waals surface area contributed by atoms with E-state index in [-0.39, 0.29) is 17.3 Å². The minimum Gasteiger partial charge on any atom is -0.271 e. The number of hydrogen-bond donors (Lipinski definition) is 0. The molecule has 1 amide bonds. The van der Waals surface area contributed by atoms with E-state index in [1.807, 2.05) is 12.1 Å². The molecule has 0 radical (unpaired) electrons. The van der Waals surface area contributed by atoms with Gasteiger partial charge in [-0.1, -0.05) is 48.0 Å². The number of halogens is 1. The van der Waals surface area contributed by atoms with Crippen LogP contribution in [0.25, 0.3) is 6.08 Å². The summed E-state index contributed by atoms with van der Waals surface area (Å²) in [4.78, 5) is 20.3. The zero-order valence-electron chi connectivity index (χ0n) is 11.4. The zero-order valence-corrected chi connectivity index (χ0v) is 12.2. The topological polar surface area (TPSA) is 65.6 Å². The Labute approximate surface area is 132 Å². The average Bonchev–Trinajstić information content (AvgIpc) is 2.54. The van der Waals surface area contributed by atoms with E-state index in [2.05, 4.69) is 9.98 Å². The lowest BCUT2D eigenvalue weighted by molar-refractivity contribution is -0.118. The van der Waals surface area contributed by atoms with E-state index in [1.165, 1.54) is 0 Å². The average molecular weight is 308 g/mol. The Hall–Kier alpha value is -2.77. The van der Waals surface area contributed by atoms with Gasteiger partial charge in [0, 0.05) is 5.02 Å². The van der Waals surface area contributed by atoms with Crippen LogP contribution in [0, 0.1) is 17.2 Å². The van der Waals surface area contributed by atoms with Crippen LogP contribution in [0.15, 0.2) is 64.1 Å². The fourth-order valence-corrected chi connectivity index (χ4v) is 2.37. The Balaban J connectivity index is 2.02. The SMILES string of the molecule is N#C/C(=C/c1ccccc1Cl)C1=NC(=O)C2C=CC=CC2=N1. The maximum Gasteiger partial charge on any atom is 0.260 e. The first-order valence-electron chi connectivity index (χ1n) is 6.62. The van der Waals surface area contributed by atoms with E-state index < -0.39 is 5.92 Å². The largest absolute Gasteiger partial charge is 0.271 e. The van der Waals surface area contributed by atoms with Crippen LogP contribution in [0.3, 0.4) is 0 Å². The molecule has 0 saturated carbocycles. The monoisotopic (exact) mass is 307 g/mol. The Kier molecular flexibility index (Phi) is 3.82. The van der Waals surface area contributed by atoms with Crippen molar-refractivity contribution in [3.05, 3.63) is 64.7 Å². The van der Waals surface area contributed by atoms with Crippen LogP contribution >= 0.6 is 11.6 Å². The number of allylic oxidation sites excluding steroid dienone is 3. The predicted octanol–water partition coefficient (Wildman–Crippen LogP) is 3.37. The number of amides is 1. The third-order valence-electron chi connectivity index (χ3n) is 3.28. The number of carbonyl (C=O) groups is 1. The molecule has 1 unspecified atom stereocenters. The second-order valence-electron chi connectivity index (χ2n) is 4.72. The lowest BCUT2D eigenvalue weighted by Crippen LogP contribution is -2.27. The lowest BCUT2D eigenvalue weighted by Gasteiger charge is -2.17. The third kappa shape index (κ3) is 2.67. The van der Waals surface area contributed by atoms with E-state index >= 15 is 0 Å². The van der Waals surface area contributed by atoms with E-state index in [0.29, 0.717) is 16.3 Å². The smallest absolute Gasteiger partial charge is 0.260 e. The summed E-state index contributed by atoms with van der Waals surface area (Å²) in [7, 11) is 0. The second-order valence-corrected chi connectivity index (χ2v) is 5.13. The van der Waals surface area contributed by atoms with Gasteiger partial charge >= 0.3 is 0 Å². The molecule has 1 aromatic rings. The normalized spacial score (nSPS) is 20.1. The van der Waals surface area contributed by atoms with E-state index in [1.54, 1.807) is 48.6 Å². The summed E-state index contributed by atoms with van der Waals surface area (Å²) < 4.78 is 0. The van der Waals surface area contributed by atoms with Crippen LogP contribution < -0.4 is 0 Å². The number of nitriles is 1. The highest BCUT2D eigenvalue weighted by atomic mass is 35.5. The summed E-state index contributed by atoms with van der Waals surface area (Å²) >= 11 is 6.09. The van der Waals surface area contributed by atoms with Crippen LogP contribution in [0.2, 0.25) is 5.02 Å². The van der Waals surface area contributed by atoms with Crippen molar-refractivity contribution in [1.82, 2.24) is 0 Å². The van der Waals surface area contributed by atoms with Gasteiger partial charge in [0.25, 0.3) is 5.91 Å². The number of amidine groups is 1. The van der Waals surface area contributed by atoms with Crippen LogP contribution in [-0.2, 0) is 4.79 Å². The van der Waals surface area contributed by atoms with Crippen molar-refractivity contribution in [3.8, 4) is 6.07 Å². The molecule has 1 aliphatic carbocycles. The minimum atomic E-state index is -0.450. The van der Waals surface area contributed by atoms with Gasteiger partial charge in [-0.2, -0.15) is 10.3 Å². The van der Waals surface area contributed by atoms with Gasteiger partial charge in [-0.15, -0.1) is 0 Å². The Morgan fingerprint density at radius 2 is 2.09 bits per heavy atom. The zero-order chi connectivity index (χ0) is 15.5. The van der Waals surface area contributed by atoms with Crippen LogP contribution in [-0.4, -0.2) is 17.5 Å². The first-order chi connectivity index (χ1) is 10.7.